The van der Waals surface area contributed by atoms with Crippen molar-refractivity contribution in [1.29, 1.82) is 0 Å². The smallest absolute Gasteiger partial charge is 0.143 e. The Morgan fingerprint density at radius 1 is 0.257 bits per heavy atom. The highest BCUT2D eigenvalue weighted by Crippen LogP contribution is 2.47. The normalized spacial score (nSPS) is 12.2. The zero-order valence-electron chi connectivity index (χ0n) is 41.8. The van der Waals surface area contributed by atoms with Gasteiger partial charge in [0.1, 0.15) is 44.7 Å². The summed E-state index contributed by atoms with van der Waals surface area (Å²) in [7, 11) is 0. The Kier molecular flexibility index (Phi) is 8.95. The zero-order valence-corrected chi connectivity index (χ0v) is 41.8. The predicted octanol–water partition coefficient (Wildman–Crippen LogP) is 20.4. The maximum atomic E-state index is 6.89. The second kappa shape index (κ2) is 15.6. The monoisotopic (exact) mass is 956 g/mol. The first-order valence-electron chi connectivity index (χ1n) is 25.4. The minimum absolute atomic E-state index is 0.830. The molecule has 354 valence electrons. The third kappa shape index (κ3) is 6.24. The number of benzene rings is 11. The van der Waals surface area contributed by atoms with Crippen molar-refractivity contribution in [3.05, 3.63) is 215 Å². The number of aryl methyl sites for hydroxylation is 4. The minimum atomic E-state index is 0.830. The van der Waals surface area contributed by atoms with Gasteiger partial charge in [0, 0.05) is 88.0 Å². The molecule has 0 aliphatic carbocycles. The van der Waals surface area contributed by atoms with Crippen LogP contribution in [-0.2, 0) is 0 Å². The SMILES string of the molecule is Cc1cc(N(c2ccc3c(ccc4c3oc3ccc5oc6c7ccc(N(c8cc(C)c(C)c(C)c8)c8ccc9oc%10ccccc%10c9c8)cc7ccc6c5c34)c2)c2ccc3oc4ccccc4c3c2)cc(C)c1C. The van der Waals surface area contributed by atoms with Gasteiger partial charge in [0.15, 0.2) is 0 Å². The largest absolute Gasteiger partial charge is 0.456 e. The van der Waals surface area contributed by atoms with Gasteiger partial charge in [0.2, 0.25) is 0 Å². The van der Waals surface area contributed by atoms with Crippen LogP contribution < -0.4 is 9.80 Å². The van der Waals surface area contributed by atoms with Crippen molar-refractivity contribution >= 4 is 143 Å². The van der Waals surface area contributed by atoms with Crippen molar-refractivity contribution in [2.45, 2.75) is 41.5 Å². The van der Waals surface area contributed by atoms with E-state index >= 15 is 0 Å². The molecule has 4 heterocycles. The lowest BCUT2D eigenvalue weighted by atomic mass is 9.99. The summed E-state index contributed by atoms with van der Waals surface area (Å²) in [6.45, 7) is 13.2. The van der Waals surface area contributed by atoms with Crippen molar-refractivity contribution in [2.24, 2.45) is 0 Å². The number of para-hydroxylation sites is 2. The third-order valence-electron chi connectivity index (χ3n) is 16.1. The molecule has 6 heteroatoms. The van der Waals surface area contributed by atoms with E-state index in [1.54, 1.807) is 0 Å². The number of fused-ring (bicyclic) bond motifs is 17. The van der Waals surface area contributed by atoms with Gasteiger partial charge in [-0.15, -0.1) is 0 Å². The van der Waals surface area contributed by atoms with Crippen molar-refractivity contribution in [2.75, 3.05) is 9.80 Å². The summed E-state index contributed by atoms with van der Waals surface area (Å²) in [4.78, 5) is 4.72. The molecule has 6 nitrogen and oxygen atoms in total. The van der Waals surface area contributed by atoms with E-state index in [4.69, 9.17) is 17.7 Å². The Hall–Kier alpha value is -9.26. The molecule has 0 saturated carbocycles. The van der Waals surface area contributed by atoms with E-state index in [2.05, 4.69) is 209 Å². The van der Waals surface area contributed by atoms with Crippen LogP contribution in [0.15, 0.2) is 200 Å². The molecule has 74 heavy (non-hydrogen) atoms. The van der Waals surface area contributed by atoms with Crippen LogP contribution in [-0.4, -0.2) is 0 Å². The molecule has 4 aromatic heterocycles. The van der Waals surface area contributed by atoms with Crippen molar-refractivity contribution in [3.8, 4) is 0 Å². The molecule has 0 saturated heterocycles. The van der Waals surface area contributed by atoms with Gasteiger partial charge in [0.25, 0.3) is 0 Å². The van der Waals surface area contributed by atoms with Crippen LogP contribution in [0.4, 0.5) is 34.1 Å². The molecule has 0 unspecified atom stereocenters. The number of rotatable bonds is 6. The summed E-state index contributed by atoms with van der Waals surface area (Å²) in [5.74, 6) is 0. The quantitative estimate of drug-likeness (QED) is 0.165. The number of hydrogen-bond acceptors (Lipinski definition) is 6. The highest BCUT2D eigenvalue weighted by atomic mass is 16.3. The van der Waals surface area contributed by atoms with Crippen molar-refractivity contribution in [3.63, 3.8) is 0 Å². The molecule has 0 amide bonds. The Morgan fingerprint density at radius 3 is 1.04 bits per heavy atom. The third-order valence-corrected chi connectivity index (χ3v) is 16.1. The van der Waals surface area contributed by atoms with E-state index in [-0.39, 0.29) is 0 Å². The summed E-state index contributed by atoms with van der Waals surface area (Å²) in [5, 5.41) is 12.9. The lowest BCUT2D eigenvalue weighted by Crippen LogP contribution is -2.11. The standard InChI is InChI=1S/C68H48N2O4/c1-37-29-49(30-38(2)41(37)5)69(47-19-25-61-57(35-47)53-11-7-9-13-59(53)71-61)45-17-23-51-43(33-45)15-21-55-65-63(73-67(51)55)27-28-64-66(65)56-22-16-44-34-46(18-24-52(44)68(56)74-64)70(50-31-39(3)42(6)40(4)32-50)48-20-26-62-58(36-48)54-12-8-10-14-60(54)72-62/h7-36H,1-6H3. The number of anilines is 6. The second-order valence-corrected chi connectivity index (χ2v) is 20.3. The summed E-state index contributed by atoms with van der Waals surface area (Å²) in [6.07, 6.45) is 0. The van der Waals surface area contributed by atoms with Gasteiger partial charge in [-0.3, -0.25) is 0 Å². The number of furan rings is 4. The predicted molar refractivity (Wildman–Crippen MR) is 308 cm³/mol. The van der Waals surface area contributed by atoms with E-state index < -0.39 is 0 Å². The molecule has 0 aliphatic heterocycles. The van der Waals surface area contributed by atoms with E-state index in [9.17, 15) is 0 Å². The van der Waals surface area contributed by atoms with Crippen LogP contribution >= 0.6 is 0 Å². The Morgan fingerprint density at radius 2 is 0.608 bits per heavy atom. The maximum Gasteiger partial charge on any atom is 0.143 e. The van der Waals surface area contributed by atoms with Crippen LogP contribution in [0.1, 0.15) is 33.4 Å². The summed E-state index contributed by atoms with van der Waals surface area (Å²) < 4.78 is 26.3. The van der Waals surface area contributed by atoms with E-state index in [0.29, 0.717) is 0 Å². The molecule has 15 rings (SSSR count). The highest BCUT2D eigenvalue weighted by Gasteiger charge is 2.23. The summed E-state index contributed by atoms with van der Waals surface area (Å²) >= 11 is 0. The van der Waals surface area contributed by atoms with Crippen LogP contribution in [0.2, 0.25) is 0 Å². The van der Waals surface area contributed by atoms with Crippen LogP contribution in [0.3, 0.4) is 0 Å². The van der Waals surface area contributed by atoms with E-state index in [1.807, 2.05) is 24.3 Å². The Labute approximate surface area is 425 Å². The second-order valence-electron chi connectivity index (χ2n) is 20.3. The van der Waals surface area contributed by atoms with Crippen molar-refractivity contribution in [1.82, 2.24) is 0 Å². The van der Waals surface area contributed by atoms with Crippen LogP contribution in [0.25, 0.3) is 109 Å². The molecule has 0 atom stereocenters. The molecule has 0 radical (unpaired) electrons. The van der Waals surface area contributed by atoms with Gasteiger partial charge in [-0.05, 0) is 219 Å². The molecule has 0 fully saturated rings. The van der Waals surface area contributed by atoms with Crippen LogP contribution in [0, 0.1) is 41.5 Å². The summed E-state index contributed by atoms with van der Waals surface area (Å²) in [6, 6.07) is 65.2. The van der Waals surface area contributed by atoms with E-state index in [1.165, 1.54) is 33.4 Å². The van der Waals surface area contributed by atoms with E-state index in [0.717, 1.165) is 143 Å². The molecule has 11 aromatic carbocycles. The first-order valence-corrected chi connectivity index (χ1v) is 25.4. The fraction of sp³-hybridized carbons (Fsp3) is 0.0882. The number of hydrogen-bond donors (Lipinski definition) is 0. The Bertz CT molecular complexity index is 4530. The maximum absolute atomic E-state index is 6.89. The Balaban J connectivity index is 0.861. The molecule has 0 spiro atoms. The average Bonchev–Trinajstić information content (AvgIpc) is 4.20. The minimum Gasteiger partial charge on any atom is -0.456 e. The molecular formula is C68H48N2O4. The van der Waals surface area contributed by atoms with Gasteiger partial charge < -0.3 is 27.5 Å². The zero-order chi connectivity index (χ0) is 49.7. The average molecular weight is 957 g/mol. The first-order chi connectivity index (χ1) is 36.1. The van der Waals surface area contributed by atoms with Gasteiger partial charge in [-0.2, -0.15) is 0 Å². The molecule has 15 aromatic rings. The summed E-state index contributed by atoms with van der Waals surface area (Å²) in [5.41, 5.74) is 21.0. The van der Waals surface area contributed by atoms with Gasteiger partial charge in [-0.1, -0.05) is 48.5 Å². The molecular weight excluding hydrogens is 909 g/mol. The van der Waals surface area contributed by atoms with Gasteiger partial charge >= 0.3 is 0 Å². The fourth-order valence-electron chi connectivity index (χ4n) is 11.8. The topological polar surface area (TPSA) is 59.0 Å². The number of nitrogens with zero attached hydrogens (tertiary/aromatic N) is 2. The van der Waals surface area contributed by atoms with Gasteiger partial charge in [0.05, 0.1) is 0 Å². The molecule has 0 aliphatic rings. The lowest BCUT2D eigenvalue weighted by molar-refractivity contribution is 0.666. The molecule has 0 bridgehead atoms. The molecule has 0 N–H and O–H groups in total. The first kappa shape index (κ1) is 42.4. The fourth-order valence-corrected chi connectivity index (χ4v) is 11.8. The van der Waals surface area contributed by atoms with Crippen molar-refractivity contribution < 1.29 is 17.7 Å². The highest BCUT2D eigenvalue weighted by molar-refractivity contribution is 6.30. The lowest BCUT2D eigenvalue weighted by Gasteiger charge is -2.27. The van der Waals surface area contributed by atoms with Gasteiger partial charge in [-0.25, -0.2) is 0 Å². The van der Waals surface area contributed by atoms with Crippen LogP contribution in [0.5, 0.6) is 0 Å².